The molecule has 0 saturated heterocycles. The molecular weight excluding hydrogens is 558 g/mol. The molecule has 146 valence electrons. The monoisotopic (exact) mass is 573 g/mol. The van der Waals surface area contributed by atoms with E-state index in [0.29, 0.717) is 17.3 Å². The molecule has 0 aliphatic rings. The molecule has 10 heteroatoms. The van der Waals surface area contributed by atoms with Crippen LogP contribution in [-0.4, -0.2) is 43.2 Å². The normalized spacial score (nSPS) is 11.0. The van der Waals surface area contributed by atoms with Crippen LogP contribution in [0.4, 0.5) is 14.5 Å². The minimum Gasteiger partial charge on any atom is -0.307 e. The number of benzene rings is 2. The Balaban J connectivity index is 2.29. The lowest BCUT2D eigenvalue weighted by atomic mass is 10.2. The first-order valence-electron chi connectivity index (χ1n) is 7.67. The lowest BCUT2D eigenvalue weighted by Crippen LogP contribution is -2.38. The Hall–Kier alpha value is -1.01. The Bertz CT molecular complexity index is 819. The van der Waals surface area contributed by atoms with Crippen LogP contribution in [0.15, 0.2) is 34.8 Å². The zero-order valence-electron chi connectivity index (χ0n) is 14.4. The molecule has 0 aliphatic heterocycles. The van der Waals surface area contributed by atoms with Crippen LogP contribution in [0, 0.1) is 15.2 Å². The van der Waals surface area contributed by atoms with E-state index in [0.717, 1.165) is 14.8 Å². The van der Waals surface area contributed by atoms with Crippen LogP contribution in [0.5, 0.6) is 0 Å². The smallest absolute Gasteiger partial charge is 0.297 e. The van der Waals surface area contributed by atoms with E-state index in [1.165, 1.54) is 6.07 Å². The Labute approximate surface area is 182 Å². The van der Waals surface area contributed by atoms with Crippen LogP contribution in [0.3, 0.4) is 0 Å². The van der Waals surface area contributed by atoms with Gasteiger partial charge in [-0.25, -0.2) is 13.6 Å². The van der Waals surface area contributed by atoms with Gasteiger partial charge in [-0.1, -0.05) is 11.6 Å². The molecule has 1 N–H and O–H groups in total. The standard InChI is InChI=1S/C17H16BrClF2IN3O2/c1-24(2)5-6-27-25(23-15-4-3-11(22)9-13(15)19)17(26)10-7-12(18)16(21)14(20)8-10/h3-4,7-9,23H,5-6H2,1-2H3. The lowest BCUT2D eigenvalue weighted by Gasteiger charge is -2.24. The van der Waals surface area contributed by atoms with Crippen LogP contribution < -0.4 is 5.43 Å². The molecule has 1 amide bonds. The number of hydrogen-bond acceptors (Lipinski definition) is 4. The van der Waals surface area contributed by atoms with Gasteiger partial charge in [0.2, 0.25) is 0 Å². The van der Waals surface area contributed by atoms with E-state index >= 15 is 0 Å². The van der Waals surface area contributed by atoms with Crippen LogP contribution in [0.1, 0.15) is 10.4 Å². The molecule has 2 rings (SSSR count). The molecule has 0 spiro atoms. The third-order valence-corrected chi connectivity index (χ3v) is 4.89. The molecule has 0 radical (unpaired) electrons. The maximum absolute atomic E-state index is 13.7. The lowest BCUT2D eigenvalue weighted by molar-refractivity contribution is -0.109. The van der Waals surface area contributed by atoms with Crippen LogP contribution in [0.25, 0.3) is 0 Å². The zero-order valence-corrected chi connectivity index (χ0v) is 18.9. The van der Waals surface area contributed by atoms with Gasteiger partial charge in [-0.15, -0.1) is 5.17 Å². The van der Waals surface area contributed by atoms with Crippen molar-refractivity contribution in [3.8, 4) is 0 Å². The second-order valence-corrected chi connectivity index (χ2v) is 8.23. The highest BCUT2D eigenvalue weighted by Crippen LogP contribution is 2.26. The number of carbonyl (C=O) groups is 1. The number of nitrogens with one attached hydrogen (secondary N) is 1. The van der Waals surface area contributed by atoms with Gasteiger partial charge in [-0.05, 0) is 82.9 Å². The summed E-state index contributed by atoms with van der Waals surface area (Å²) in [5.41, 5.74) is 3.11. The van der Waals surface area contributed by atoms with E-state index in [9.17, 15) is 13.6 Å². The molecule has 0 unspecified atom stereocenters. The molecule has 0 aliphatic carbocycles. The van der Waals surface area contributed by atoms with Gasteiger partial charge in [0.1, 0.15) is 0 Å². The minimum atomic E-state index is -1.15. The number of hydrogen-bond donors (Lipinski definition) is 1. The van der Waals surface area contributed by atoms with Crippen molar-refractivity contribution in [1.82, 2.24) is 10.1 Å². The van der Waals surface area contributed by atoms with Gasteiger partial charge < -0.3 is 4.90 Å². The number of hydroxylamine groups is 1. The summed E-state index contributed by atoms with van der Waals surface area (Å²) in [7, 11) is 3.71. The highest BCUT2D eigenvalue weighted by Gasteiger charge is 2.21. The van der Waals surface area contributed by atoms with E-state index in [1.807, 2.05) is 19.0 Å². The summed E-state index contributed by atoms with van der Waals surface area (Å²) in [4.78, 5) is 20.2. The first kappa shape index (κ1) is 22.3. The second kappa shape index (κ2) is 9.97. The fourth-order valence-corrected chi connectivity index (χ4v) is 3.28. The molecular formula is C17H16BrClF2IN3O2. The molecule has 5 nitrogen and oxygen atoms in total. The molecule has 0 atom stereocenters. The van der Waals surface area contributed by atoms with Gasteiger partial charge in [0.25, 0.3) is 5.91 Å². The molecule has 0 heterocycles. The van der Waals surface area contributed by atoms with Crippen molar-refractivity contribution in [2.45, 2.75) is 0 Å². The molecule has 0 saturated carbocycles. The van der Waals surface area contributed by atoms with Crippen molar-refractivity contribution in [1.29, 1.82) is 0 Å². The van der Waals surface area contributed by atoms with E-state index in [1.54, 1.807) is 18.2 Å². The highest BCUT2D eigenvalue weighted by molar-refractivity contribution is 14.1. The maximum Gasteiger partial charge on any atom is 0.297 e. The van der Waals surface area contributed by atoms with Crippen molar-refractivity contribution in [2.75, 3.05) is 32.7 Å². The number of rotatable bonds is 7. The zero-order chi connectivity index (χ0) is 20.1. The number of hydrazine groups is 1. The summed E-state index contributed by atoms with van der Waals surface area (Å²) in [6, 6.07) is 7.18. The third-order valence-electron chi connectivity index (χ3n) is 3.33. The van der Waals surface area contributed by atoms with Crippen molar-refractivity contribution in [3.05, 3.63) is 60.6 Å². The SMILES string of the molecule is CN(C)CCON(Nc1ccc(I)cc1Cl)C(=O)c1cc(F)c(F)c(Br)c1. The predicted octanol–water partition coefficient (Wildman–Crippen LogP) is 4.95. The number of likely N-dealkylation sites (N-methyl/N-ethyl adjacent to an activating group) is 1. The van der Waals surface area contributed by atoms with Gasteiger partial charge in [-0.3, -0.25) is 10.2 Å². The first-order valence-corrected chi connectivity index (χ1v) is 9.92. The summed E-state index contributed by atoms with van der Waals surface area (Å²) in [5.74, 6) is -2.92. The van der Waals surface area contributed by atoms with E-state index < -0.39 is 17.5 Å². The molecule has 27 heavy (non-hydrogen) atoms. The van der Waals surface area contributed by atoms with E-state index in [-0.39, 0.29) is 16.6 Å². The minimum absolute atomic E-state index is 0.0974. The molecule has 0 aromatic heterocycles. The average Bonchev–Trinajstić information content (AvgIpc) is 2.59. The van der Waals surface area contributed by atoms with Gasteiger partial charge in [0.05, 0.1) is 21.8 Å². The largest absolute Gasteiger partial charge is 0.307 e. The Morgan fingerprint density at radius 2 is 2.00 bits per heavy atom. The first-order chi connectivity index (χ1) is 12.7. The number of nitrogens with zero attached hydrogens (tertiary/aromatic N) is 2. The number of carbonyl (C=O) groups excluding carboxylic acids is 1. The van der Waals surface area contributed by atoms with Gasteiger partial charge in [0.15, 0.2) is 11.6 Å². The summed E-state index contributed by atoms with van der Waals surface area (Å²) in [6.07, 6.45) is 0. The fourth-order valence-electron chi connectivity index (χ4n) is 1.94. The molecule has 2 aromatic rings. The van der Waals surface area contributed by atoms with Gasteiger partial charge >= 0.3 is 0 Å². The summed E-state index contributed by atoms with van der Waals surface area (Å²) >= 11 is 11.2. The van der Waals surface area contributed by atoms with Crippen LogP contribution in [0.2, 0.25) is 5.02 Å². The molecule has 0 fully saturated rings. The summed E-state index contributed by atoms with van der Waals surface area (Å²) < 4.78 is 27.9. The van der Waals surface area contributed by atoms with Crippen LogP contribution >= 0.6 is 50.1 Å². The number of amides is 1. The third kappa shape index (κ3) is 6.24. The average molecular weight is 575 g/mol. The summed E-state index contributed by atoms with van der Waals surface area (Å²) in [5, 5.41) is 1.24. The van der Waals surface area contributed by atoms with E-state index in [2.05, 4.69) is 43.9 Å². The maximum atomic E-state index is 13.7. The highest BCUT2D eigenvalue weighted by atomic mass is 127. The summed E-state index contributed by atoms with van der Waals surface area (Å²) in [6.45, 7) is 0.714. The Morgan fingerprint density at radius 1 is 1.30 bits per heavy atom. The number of halogens is 5. The van der Waals surface area contributed by atoms with Crippen LogP contribution in [-0.2, 0) is 4.84 Å². The van der Waals surface area contributed by atoms with E-state index in [4.69, 9.17) is 16.4 Å². The Morgan fingerprint density at radius 3 is 2.59 bits per heavy atom. The predicted molar refractivity (Wildman–Crippen MR) is 113 cm³/mol. The quantitative estimate of drug-likeness (QED) is 0.289. The van der Waals surface area contributed by atoms with Gasteiger partial charge in [0, 0.05) is 15.7 Å². The topological polar surface area (TPSA) is 44.8 Å². The fraction of sp³-hybridized carbons (Fsp3) is 0.235. The van der Waals surface area contributed by atoms with Gasteiger partial charge in [-0.2, -0.15) is 0 Å². The molecule has 2 aromatic carbocycles. The van der Waals surface area contributed by atoms with Crippen molar-refractivity contribution in [3.63, 3.8) is 0 Å². The Kier molecular flexibility index (Phi) is 8.22. The second-order valence-electron chi connectivity index (χ2n) is 5.73. The van der Waals surface area contributed by atoms with Crippen molar-refractivity contribution < 1.29 is 18.4 Å². The number of anilines is 1. The molecule has 0 bridgehead atoms. The van der Waals surface area contributed by atoms with Crippen molar-refractivity contribution >= 4 is 61.7 Å². The van der Waals surface area contributed by atoms with Crippen molar-refractivity contribution in [2.24, 2.45) is 0 Å².